The molecule has 0 radical (unpaired) electrons. The average Bonchev–Trinajstić information content (AvgIpc) is 2.78. The van der Waals surface area contributed by atoms with E-state index in [9.17, 15) is 0 Å². The van der Waals surface area contributed by atoms with Crippen LogP contribution in [0.3, 0.4) is 0 Å². The summed E-state index contributed by atoms with van der Waals surface area (Å²) in [6, 6.07) is 3.68. The van der Waals surface area contributed by atoms with Crippen molar-refractivity contribution in [1.29, 1.82) is 0 Å². The van der Waals surface area contributed by atoms with Gasteiger partial charge in [0.25, 0.3) is 0 Å². The third kappa shape index (κ3) is 2.48. The Hall–Kier alpha value is -1.20. The Bertz CT molecular complexity index is 329. The summed E-state index contributed by atoms with van der Waals surface area (Å²) in [6.45, 7) is 2.10. The van der Waals surface area contributed by atoms with Gasteiger partial charge >= 0.3 is 0 Å². The molecular formula is C11H17N3O2. The molecule has 0 amide bonds. The predicted octanol–water partition coefficient (Wildman–Crippen LogP) is 0.178. The van der Waals surface area contributed by atoms with Gasteiger partial charge in [-0.1, -0.05) is 0 Å². The van der Waals surface area contributed by atoms with Gasteiger partial charge < -0.3 is 15.1 Å². The Labute approximate surface area is 94.7 Å². The lowest BCUT2D eigenvalue weighted by Crippen LogP contribution is -2.21. The number of nitrogens with zero attached hydrogens (tertiary/aromatic N) is 3. The van der Waals surface area contributed by atoms with Gasteiger partial charge in [0.05, 0.1) is 12.3 Å². The van der Waals surface area contributed by atoms with E-state index < -0.39 is 0 Å². The zero-order valence-corrected chi connectivity index (χ0v) is 9.21. The van der Waals surface area contributed by atoms with Crippen molar-refractivity contribution in [2.24, 2.45) is 5.92 Å². The molecule has 1 atom stereocenters. The highest BCUT2D eigenvalue weighted by Gasteiger charge is 2.22. The summed E-state index contributed by atoms with van der Waals surface area (Å²) in [6.07, 6.45) is 1.96. The minimum Gasteiger partial charge on any atom is -0.396 e. The highest BCUT2D eigenvalue weighted by molar-refractivity contribution is 5.38. The van der Waals surface area contributed by atoms with Crippen molar-refractivity contribution < 1.29 is 10.2 Å². The van der Waals surface area contributed by atoms with E-state index in [0.29, 0.717) is 11.6 Å². The van der Waals surface area contributed by atoms with E-state index in [2.05, 4.69) is 15.1 Å². The zero-order chi connectivity index (χ0) is 11.4. The van der Waals surface area contributed by atoms with Gasteiger partial charge in [-0.2, -0.15) is 5.10 Å². The van der Waals surface area contributed by atoms with Gasteiger partial charge in [-0.25, -0.2) is 0 Å². The fourth-order valence-corrected chi connectivity index (χ4v) is 2.06. The molecule has 5 nitrogen and oxygen atoms in total. The van der Waals surface area contributed by atoms with E-state index in [4.69, 9.17) is 10.2 Å². The Morgan fingerprint density at radius 3 is 2.81 bits per heavy atom. The molecule has 0 bridgehead atoms. The molecule has 0 aliphatic carbocycles. The minimum absolute atomic E-state index is 0.0690. The molecule has 16 heavy (non-hydrogen) atoms. The van der Waals surface area contributed by atoms with Crippen LogP contribution in [0.4, 0.5) is 5.82 Å². The number of hydrogen-bond acceptors (Lipinski definition) is 5. The molecule has 1 aromatic rings. The van der Waals surface area contributed by atoms with Crippen LogP contribution in [0.15, 0.2) is 12.1 Å². The van der Waals surface area contributed by atoms with E-state index in [1.165, 1.54) is 0 Å². The largest absolute Gasteiger partial charge is 0.396 e. The SMILES string of the molecule is OCCC1CCN(c2ccc(CO)nn2)C1. The standard InChI is InChI=1S/C11H17N3O2/c15-6-4-9-3-5-14(7-9)11-2-1-10(8-16)12-13-11/h1-2,9,15-16H,3-8H2. The number of hydrogen-bond donors (Lipinski definition) is 2. The smallest absolute Gasteiger partial charge is 0.151 e. The van der Waals surface area contributed by atoms with Crippen molar-refractivity contribution in [1.82, 2.24) is 10.2 Å². The Morgan fingerprint density at radius 1 is 1.31 bits per heavy atom. The van der Waals surface area contributed by atoms with Crippen LogP contribution in [0, 0.1) is 5.92 Å². The van der Waals surface area contributed by atoms with E-state index in [0.717, 1.165) is 31.7 Å². The highest BCUT2D eigenvalue weighted by Crippen LogP contribution is 2.23. The molecule has 2 heterocycles. The average molecular weight is 223 g/mol. The maximum atomic E-state index is 8.88. The maximum absolute atomic E-state index is 8.88. The van der Waals surface area contributed by atoms with Gasteiger partial charge in [-0.15, -0.1) is 5.10 Å². The normalized spacial score (nSPS) is 20.4. The molecule has 1 fully saturated rings. The van der Waals surface area contributed by atoms with Gasteiger partial charge in [-0.05, 0) is 30.9 Å². The second kappa shape index (κ2) is 5.23. The van der Waals surface area contributed by atoms with E-state index in [-0.39, 0.29) is 13.2 Å². The molecule has 2 rings (SSSR count). The van der Waals surface area contributed by atoms with Gasteiger partial charge in [0.2, 0.25) is 0 Å². The summed E-state index contributed by atoms with van der Waals surface area (Å²) in [5.74, 6) is 1.42. The van der Waals surface area contributed by atoms with Crippen molar-refractivity contribution in [2.45, 2.75) is 19.4 Å². The third-order valence-corrected chi connectivity index (χ3v) is 3.01. The van der Waals surface area contributed by atoms with E-state index in [1.54, 1.807) is 6.07 Å². The zero-order valence-electron chi connectivity index (χ0n) is 9.21. The lowest BCUT2D eigenvalue weighted by molar-refractivity contribution is 0.263. The van der Waals surface area contributed by atoms with Crippen molar-refractivity contribution in [3.05, 3.63) is 17.8 Å². The number of aliphatic hydroxyl groups is 2. The van der Waals surface area contributed by atoms with E-state index in [1.807, 2.05) is 6.07 Å². The topological polar surface area (TPSA) is 69.5 Å². The van der Waals surface area contributed by atoms with Crippen LogP contribution in [-0.2, 0) is 6.61 Å². The number of aromatic nitrogens is 2. The first-order valence-corrected chi connectivity index (χ1v) is 5.62. The second-order valence-corrected chi connectivity index (χ2v) is 4.15. The predicted molar refractivity (Wildman–Crippen MR) is 60.0 cm³/mol. The summed E-state index contributed by atoms with van der Waals surface area (Å²) in [4.78, 5) is 2.18. The Kier molecular flexibility index (Phi) is 3.69. The molecule has 1 unspecified atom stereocenters. The molecule has 1 saturated heterocycles. The minimum atomic E-state index is -0.0690. The molecule has 1 aliphatic rings. The van der Waals surface area contributed by atoms with Crippen molar-refractivity contribution in [2.75, 3.05) is 24.6 Å². The molecule has 0 aromatic carbocycles. The molecule has 1 aromatic heterocycles. The summed E-state index contributed by atoms with van der Waals surface area (Å²) in [5, 5.41) is 25.7. The van der Waals surface area contributed by atoms with E-state index >= 15 is 0 Å². The second-order valence-electron chi connectivity index (χ2n) is 4.15. The lowest BCUT2D eigenvalue weighted by Gasteiger charge is -2.16. The lowest BCUT2D eigenvalue weighted by atomic mass is 10.1. The molecule has 0 spiro atoms. The Balaban J connectivity index is 1.97. The monoisotopic (exact) mass is 223 g/mol. The molecule has 0 saturated carbocycles. The fourth-order valence-electron chi connectivity index (χ4n) is 2.06. The number of rotatable bonds is 4. The number of aliphatic hydroxyl groups excluding tert-OH is 2. The van der Waals surface area contributed by atoms with Crippen LogP contribution in [0.25, 0.3) is 0 Å². The van der Waals surface area contributed by atoms with Gasteiger partial charge in [-0.3, -0.25) is 0 Å². The van der Waals surface area contributed by atoms with Crippen LogP contribution < -0.4 is 4.90 Å². The van der Waals surface area contributed by atoms with Crippen molar-refractivity contribution in [3.8, 4) is 0 Å². The van der Waals surface area contributed by atoms with Crippen LogP contribution in [-0.4, -0.2) is 40.1 Å². The molecule has 1 aliphatic heterocycles. The highest BCUT2D eigenvalue weighted by atomic mass is 16.3. The van der Waals surface area contributed by atoms with Crippen molar-refractivity contribution >= 4 is 5.82 Å². The Morgan fingerprint density at radius 2 is 2.19 bits per heavy atom. The fraction of sp³-hybridized carbons (Fsp3) is 0.636. The number of anilines is 1. The summed E-state index contributed by atoms with van der Waals surface area (Å²) >= 11 is 0. The maximum Gasteiger partial charge on any atom is 0.151 e. The molecular weight excluding hydrogens is 206 g/mol. The molecule has 2 N–H and O–H groups in total. The van der Waals surface area contributed by atoms with Crippen LogP contribution in [0.5, 0.6) is 0 Å². The van der Waals surface area contributed by atoms with Crippen LogP contribution in [0.2, 0.25) is 0 Å². The van der Waals surface area contributed by atoms with Crippen molar-refractivity contribution in [3.63, 3.8) is 0 Å². The van der Waals surface area contributed by atoms with Crippen LogP contribution in [0.1, 0.15) is 18.5 Å². The first kappa shape index (κ1) is 11.3. The summed E-state index contributed by atoms with van der Waals surface area (Å²) < 4.78 is 0. The molecule has 88 valence electrons. The van der Waals surface area contributed by atoms with Gasteiger partial charge in [0.1, 0.15) is 0 Å². The summed E-state index contributed by atoms with van der Waals surface area (Å²) in [7, 11) is 0. The van der Waals surface area contributed by atoms with Gasteiger partial charge in [0, 0.05) is 19.7 Å². The molecule has 5 heteroatoms. The summed E-state index contributed by atoms with van der Waals surface area (Å²) in [5.41, 5.74) is 0.592. The third-order valence-electron chi connectivity index (χ3n) is 3.01. The quantitative estimate of drug-likeness (QED) is 0.762. The van der Waals surface area contributed by atoms with Gasteiger partial charge in [0.15, 0.2) is 5.82 Å². The first-order valence-electron chi connectivity index (χ1n) is 5.62. The van der Waals surface area contributed by atoms with Crippen LogP contribution >= 0.6 is 0 Å². The first-order chi connectivity index (χ1) is 7.83.